The van der Waals surface area contributed by atoms with Gasteiger partial charge in [0.05, 0.1) is 11.2 Å². The molecule has 3 aliphatic heterocycles. The van der Waals surface area contributed by atoms with Crippen molar-refractivity contribution in [2.75, 3.05) is 13.1 Å². The number of nitrogens with zero attached hydrogens (tertiary/aromatic N) is 2. The minimum absolute atomic E-state index is 0.0286. The molecule has 34 heavy (non-hydrogen) atoms. The van der Waals surface area contributed by atoms with Gasteiger partial charge in [-0.3, -0.25) is 4.98 Å². The molecule has 2 spiro atoms. The van der Waals surface area contributed by atoms with E-state index in [-0.39, 0.29) is 16.6 Å². The molecule has 3 aliphatic carbocycles. The van der Waals surface area contributed by atoms with E-state index in [1.807, 2.05) is 12.4 Å². The fourth-order valence-corrected chi connectivity index (χ4v) is 9.27. The van der Waals surface area contributed by atoms with Crippen LogP contribution in [0.3, 0.4) is 0 Å². The van der Waals surface area contributed by atoms with Crippen molar-refractivity contribution in [3.8, 4) is 0 Å². The molecular formula is C31H36N2O. The third-order valence-corrected chi connectivity index (χ3v) is 11.1. The molecule has 176 valence electrons. The third-order valence-electron chi connectivity index (χ3n) is 11.1. The fraction of sp³-hybridized carbons (Fsp3) is 0.581. The van der Waals surface area contributed by atoms with Crippen LogP contribution >= 0.6 is 0 Å². The highest BCUT2D eigenvalue weighted by molar-refractivity contribution is 5.82. The first-order valence-corrected chi connectivity index (χ1v) is 13.8. The summed E-state index contributed by atoms with van der Waals surface area (Å²) < 4.78 is 7.49. The highest BCUT2D eigenvalue weighted by Crippen LogP contribution is 2.69. The monoisotopic (exact) mass is 452 g/mol. The van der Waals surface area contributed by atoms with Gasteiger partial charge in [0.25, 0.3) is 0 Å². The SMILES string of the molecule is CC12CC=C3C=C4CCC(N5CCC5)C[C@]45CC[C@]3(O5)[C@@H]1CCC2c1ccc2ccncc2c1. The Balaban J connectivity index is 1.16. The average Bonchev–Trinajstić information content (AvgIpc) is 3.33. The van der Waals surface area contributed by atoms with E-state index < -0.39 is 0 Å². The van der Waals surface area contributed by atoms with Crippen LogP contribution in [-0.4, -0.2) is 40.2 Å². The number of rotatable bonds is 2. The number of likely N-dealkylation sites (tertiary alicyclic amines) is 1. The number of hydrogen-bond donors (Lipinski definition) is 0. The first-order chi connectivity index (χ1) is 16.6. The molecule has 2 bridgehead atoms. The average molecular weight is 453 g/mol. The number of fused-ring (bicyclic) bond motifs is 2. The first-order valence-electron chi connectivity index (χ1n) is 13.8. The van der Waals surface area contributed by atoms with E-state index in [0.717, 1.165) is 6.04 Å². The number of aromatic nitrogens is 1. The number of allylic oxidation sites excluding steroid dienone is 1. The maximum Gasteiger partial charge on any atom is 0.0974 e. The van der Waals surface area contributed by atoms with Crippen LogP contribution in [0.15, 0.2) is 60.0 Å². The van der Waals surface area contributed by atoms with E-state index in [4.69, 9.17) is 4.74 Å². The molecule has 4 heterocycles. The summed E-state index contributed by atoms with van der Waals surface area (Å²) >= 11 is 0. The summed E-state index contributed by atoms with van der Waals surface area (Å²) in [6.07, 6.45) is 20.6. The van der Waals surface area contributed by atoms with Crippen LogP contribution in [0.1, 0.15) is 76.2 Å². The molecule has 6 atom stereocenters. The maximum absolute atomic E-state index is 7.49. The van der Waals surface area contributed by atoms with Gasteiger partial charge >= 0.3 is 0 Å². The summed E-state index contributed by atoms with van der Waals surface area (Å²) in [5.41, 5.74) is 4.94. The van der Waals surface area contributed by atoms with Gasteiger partial charge in [-0.05, 0) is 122 Å². The van der Waals surface area contributed by atoms with Crippen molar-refractivity contribution < 1.29 is 4.74 Å². The standard InChI is InChI=1S/C31H36N2O/c1-29-11-9-25-18-24-5-6-26(33-15-2-16-33)19-30(24)12-13-31(25,34-30)28(29)8-7-27(29)22-4-3-21-10-14-32-20-23(21)17-22/h3-4,9-10,14,17-18,20,26-28H,2,5-8,11-13,15-16,19H2,1H3/t26?,27?,28-,29?,30-,31-/m1/s1. The number of ether oxygens (including phenoxy) is 1. The lowest BCUT2D eigenvalue weighted by molar-refractivity contribution is -0.142. The van der Waals surface area contributed by atoms with Gasteiger partial charge in [0.15, 0.2) is 0 Å². The summed E-state index contributed by atoms with van der Waals surface area (Å²) in [4.78, 5) is 7.12. The quantitative estimate of drug-likeness (QED) is 0.516. The van der Waals surface area contributed by atoms with Crippen LogP contribution in [0.25, 0.3) is 10.8 Å². The van der Waals surface area contributed by atoms with Crippen LogP contribution in [-0.2, 0) is 4.74 Å². The molecule has 0 radical (unpaired) electrons. The van der Waals surface area contributed by atoms with Gasteiger partial charge < -0.3 is 9.64 Å². The topological polar surface area (TPSA) is 25.4 Å². The molecule has 2 saturated carbocycles. The second-order valence-electron chi connectivity index (χ2n) is 12.5. The summed E-state index contributed by atoms with van der Waals surface area (Å²) in [5.74, 6) is 1.22. The van der Waals surface area contributed by atoms with Crippen LogP contribution < -0.4 is 0 Å². The summed E-state index contributed by atoms with van der Waals surface area (Å²) in [6.45, 7) is 5.20. The van der Waals surface area contributed by atoms with Gasteiger partial charge in [0.2, 0.25) is 0 Å². The molecule has 2 aromatic rings. The molecule has 3 unspecified atom stereocenters. The van der Waals surface area contributed by atoms with E-state index >= 15 is 0 Å². The highest BCUT2D eigenvalue weighted by Gasteiger charge is 2.66. The molecule has 0 N–H and O–H groups in total. The van der Waals surface area contributed by atoms with E-state index in [0.29, 0.717) is 11.8 Å². The van der Waals surface area contributed by atoms with E-state index in [1.165, 1.54) is 87.2 Å². The zero-order valence-electron chi connectivity index (χ0n) is 20.4. The van der Waals surface area contributed by atoms with Gasteiger partial charge in [-0.1, -0.05) is 31.2 Å². The Morgan fingerprint density at radius 1 is 1.06 bits per heavy atom. The van der Waals surface area contributed by atoms with Gasteiger partial charge in [-0.25, -0.2) is 0 Å². The largest absolute Gasteiger partial charge is 0.359 e. The van der Waals surface area contributed by atoms with Gasteiger partial charge in [-0.15, -0.1) is 0 Å². The first kappa shape index (κ1) is 20.2. The van der Waals surface area contributed by atoms with Crippen molar-refractivity contribution in [2.45, 2.75) is 87.9 Å². The zero-order valence-corrected chi connectivity index (χ0v) is 20.4. The fourth-order valence-electron chi connectivity index (χ4n) is 9.27. The van der Waals surface area contributed by atoms with Gasteiger partial charge in [-0.2, -0.15) is 0 Å². The van der Waals surface area contributed by atoms with Crippen molar-refractivity contribution in [2.24, 2.45) is 11.3 Å². The molecule has 1 aromatic heterocycles. The predicted octanol–water partition coefficient (Wildman–Crippen LogP) is 6.55. The minimum atomic E-state index is -0.0412. The number of pyridine rings is 1. The Bertz CT molecular complexity index is 1240. The van der Waals surface area contributed by atoms with Gasteiger partial charge in [0, 0.05) is 23.8 Å². The van der Waals surface area contributed by atoms with Crippen LogP contribution in [0.4, 0.5) is 0 Å². The summed E-state index contributed by atoms with van der Waals surface area (Å²) in [6, 6.07) is 9.99. The van der Waals surface area contributed by atoms with E-state index in [1.54, 1.807) is 11.1 Å². The van der Waals surface area contributed by atoms with Crippen molar-refractivity contribution >= 4 is 10.8 Å². The van der Waals surface area contributed by atoms with Crippen molar-refractivity contribution in [3.05, 3.63) is 65.5 Å². The lowest BCUT2D eigenvalue weighted by Gasteiger charge is -2.55. The lowest BCUT2D eigenvalue weighted by Crippen LogP contribution is -2.56. The Morgan fingerprint density at radius 2 is 2.00 bits per heavy atom. The number of benzene rings is 1. The second kappa shape index (κ2) is 6.83. The Morgan fingerprint density at radius 3 is 2.88 bits per heavy atom. The molecule has 3 heteroatoms. The minimum Gasteiger partial charge on any atom is -0.359 e. The molecule has 1 aromatic carbocycles. The predicted molar refractivity (Wildman–Crippen MR) is 136 cm³/mol. The molecule has 3 nitrogen and oxygen atoms in total. The van der Waals surface area contributed by atoms with E-state index in [9.17, 15) is 0 Å². The molecule has 2 saturated heterocycles. The normalized spacial score (nSPS) is 42.9. The number of hydrogen-bond acceptors (Lipinski definition) is 3. The van der Waals surface area contributed by atoms with Crippen LogP contribution in [0, 0.1) is 11.3 Å². The third kappa shape index (κ3) is 2.53. The molecule has 6 aliphatic rings. The molecular weight excluding hydrogens is 416 g/mol. The van der Waals surface area contributed by atoms with Gasteiger partial charge in [0.1, 0.15) is 0 Å². The van der Waals surface area contributed by atoms with E-state index in [2.05, 4.69) is 53.2 Å². The van der Waals surface area contributed by atoms with Crippen LogP contribution in [0.5, 0.6) is 0 Å². The highest BCUT2D eigenvalue weighted by atomic mass is 16.5. The maximum atomic E-state index is 7.49. The Kier molecular flexibility index (Phi) is 4.06. The summed E-state index contributed by atoms with van der Waals surface area (Å²) in [7, 11) is 0. The second-order valence-corrected chi connectivity index (χ2v) is 12.5. The van der Waals surface area contributed by atoms with Crippen molar-refractivity contribution in [1.82, 2.24) is 9.88 Å². The zero-order chi connectivity index (χ0) is 22.5. The van der Waals surface area contributed by atoms with Crippen molar-refractivity contribution in [3.63, 3.8) is 0 Å². The molecule has 0 amide bonds. The Hall–Kier alpha value is -1.97. The molecule has 8 rings (SSSR count). The summed E-state index contributed by atoms with van der Waals surface area (Å²) in [5, 5.41) is 2.57. The smallest absolute Gasteiger partial charge is 0.0974 e. The molecule has 4 fully saturated rings. The Labute approximate surface area is 203 Å². The van der Waals surface area contributed by atoms with Crippen molar-refractivity contribution in [1.29, 1.82) is 0 Å². The lowest BCUT2D eigenvalue weighted by atomic mass is 9.58. The van der Waals surface area contributed by atoms with Crippen LogP contribution in [0.2, 0.25) is 0 Å².